The Labute approximate surface area is 472 Å². The zero-order valence-corrected chi connectivity index (χ0v) is 46.2. The number of rotatable bonds is 4. The van der Waals surface area contributed by atoms with E-state index in [0.29, 0.717) is 47.8 Å². The summed E-state index contributed by atoms with van der Waals surface area (Å²) in [4.78, 5) is 0. The zero-order chi connectivity index (χ0) is 52.4. The van der Waals surface area contributed by atoms with Crippen molar-refractivity contribution in [2.75, 3.05) is 0 Å². The molecule has 5 heterocycles. The smallest absolute Gasteiger partial charge is 0.0634 e. The predicted octanol–water partition coefficient (Wildman–Crippen LogP) is 12.8. The number of benzene rings is 8. The molecule has 4 aliphatic carbocycles. The van der Waals surface area contributed by atoms with Gasteiger partial charge in [0, 0.05) is 11.8 Å². The molecule has 8 N–H and O–H groups in total. The van der Waals surface area contributed by atoms with Crippen LogP contribution in [0.5, 0.6) is 0 Å². The first-order chi connectivity index (χ1) is 39.7. The average Bonchev–Trinajstić information content (AvgIpc) is 3.92. The van der Waals surface area contributed by atoms with E-state index in [2.05, 4.69) is 196 Å². The fraction of sp³-hybridized carbons (Fsp3) is 0.444. The third-order valence-electron chi connectivity index (χ3n) is 23.0. The average molecular weight is 1060 g/mol. The highest BCUT2D eigenvalue weighted by Crippen LogP contribution is 2.66. The van der Waals surface area contributed by atoms with Crippen molar-refractivity contribution < 1.29 is 0 Å². The van der Waals surface area contributed by atoms with E-state index in [4.69, 9.17) is 16.0 Å². The van der Waals surface area contributed by atoms with Crippen LogP contribution in [0.25, 0.3) is 43.1 Å². The second-order valence-corrected chi connectivity index (χ2v) is 26.5. The second-order valence-electron chi connectivity index (χ2n) is 26.5. The minimum atomic E-state index is -0.00851. The topological polar surface area (TPSA) is 96.2 Å². The summed E-state index contributed by atoms with van der Waals surface area (Å²) >= 11 is 0. The summed E-state index contributed by atoms with van der Waals surface area (Å²) in [5.74, 6) is 4.22. The summed E-state index contributed by atoms with van der Waals surface area (Å²) in [5, 5.41) is 47.1. The lowest BCUT2D eigenvalue weighted by Gasteiger charge is -2.54. The van der Waals surface area contributed by atoms with Gasteiger partial charge in [0.05, 0.1) is 49.3 Å². The minimum Gasteiger partial charge on any atom is -0.286 e. The fourth-order valence-corrected chi connectivity index (χ4v) is 19.9. The van der Waals surface area contributed by atoms with E-state index in [1.165, 1.54) is 142 Å². The van der Waals surface area contributed by atoms with E-state index >= 15 is 0 Å². The lowest BCUT2D eigenvalue weighted by Crippen LogP contribution is -2.62. The highest BCUT2D eigenvalue weighted by atomic mass is 15.4. The SMILES string of the molecule is c1ccc2c(C3C(c4cccc5ccccc45)C(c4cccc5ccccc45)C4C5NC6NC(NC7NC(NC8NC(NC(N5)C4C3c3cccc4ccccc34)C3CCCCC83)C3CCCCC73)C3CCCCC63)cccc2c1. The highest BCUT2D eigenvalue weighted by Gasteiger charge is 2.63. The molecule has 5 saturated heterocycles. The van der Waals surface area contributed by atoms with Crippen LogP contribution in [0.4, 0.5) is 0 Å². The van der Waals surface area contributed by atoms with Gasteiger partial charge in [0.15, 0.2) is 0 Å². The van der Waals surface area contributed by atoms with Crippen LogP contribution >= 0.6 is 0 Å². The first kappa shape index (κ1) is 49.1. The van der Waals surface area contributed by atoms with Crippen molar-refractivity contribution >= 4 is 43.1 Å². The van der Waals surface area contributed by atoms with Crippen LogP contribution in [0.3, 0.4) is 0 Å². The summed E-state index contributed by atoms with van der Waals surface area (Å²) in [5.41, 5.74) is 5.89. The minimum absolute atomic E-state index is 0.00851. The highest BCUT2D eigenvalue weighted by molar-refractivity contribution is 5.91. The van der Waals surface area contributed by atoms with Gasteiger partial charge in [0.1, 0.15) is 0 Å². The Kier molecular flexibility index (Phi) is 12.4. The summed E-state index contributed by atoms with van der Waals surface area (Å²) in [6.45, 7) is 0. The Morgan fingerprint density at radius 1 is 0.212 bits per heavy atom. The molecule has 20 unspecified atom stereocenters. The maximum Gasteiger partial charge on any atom is 0.0634 e. The van der Waals surface area contributed by atoms with E-state index in [0.717, 1.165) is 0 Å². The van der Waals surface area contributed by atoms with Crippen molar-refractivity contribution in [3.05, 3.63) is 192 Å². The van der Waals surface area contributed by atoms with Crippen LogP contribution < -0.4 is 42.5 Å². The summed E-state index contributed by atoms with van der Waals surface area (Å²) in [6.07, 6.45) is 17.0. The number of hydrogen-bond donors (Lipinski definition) is 8. The fourth-order valence-electron chi connectivity index (χ4n) is 19.9. The lowest BCUT2D eigenvalue weighted by atomic mass is 9.50. The molecule has 0 aromatic heterocycles. The largest absolute Gasteiger partial charge is 0.286 e. The molecule has 8 nitrogen and oxygen atoms in total. The third-order valence-corrected chi connectivity index (χ3v) is 23.0. The molecule has 408 valence electrons. The molecule has 0 radical (unpaired) electrons. The van der Waals surface area contributed by atoms with Crippen molar-refractivity contribution in [3.8, 4) is 0 Å². The molecule has 9 fully saturated rings. The van der Waals surface area contributed by atoms with E-state index < -0.39 is 0 Å². The summed E-state index contributed by atoms with van der Waals surface area (Å²) in [7, 11) is 0. The summed E-state index contributed by atoms with van der Waals surface area (Å²) in [6, 6.07) is 66.5. The van der Waals surface area contributed by atoms with Crippen LogP contribution in [0, 0.1) is 47.3 Å². The zero-order valence-electron chi connectivity index (χ0n) is 46.2. The molecule has 0 spiro atoms. The van der Waals surface area contributed by atoms with Crippen LogP contribution in [-0.2, 0) is 0 Å². The van der Waals surface area contributed by atoms with Crippen molar-refractivity contribution in [1.82, 2.24) is 42.5 Å². The molecule has 0 amide bonds. The second kappa shape index (κ2) is 20.1. The Hall–Kier alpha value is -5.52. The van der Waals surface area contributed by atoms with Crippen molar-refractivity contribution in [3.63, 3.8) is 0 Å². The molecule has 8 heteroatoms. The molecule has 17 rings (SSSR count). The van der Waals surface area contributed by atoms with E-state index in [9.17, 15) is 0 Å². The molecule has 4 saturated carbocycles. The first-order valence-electron chi connectivity index (χ1n) is 31.7. The molecular formula is C72H80N8. The van der Waals surface area contributed by atoms with Gasteiger partial charge in [-0.2, -0.15) is 0 Å². The van der Waals surface area contributed by atoms with E-state index in [1.807, 2.05) is 0 Å². The standard InChI is InChI=1S/C72H80N8/c1-5-27-45-41(19-1)23-15-37-49(45)59-60(50-38-16-24-42-20-2-6-28-46(42)50)62(52-40-18-26-44-22-4-8-30-48(44)52)64-63(61(59)51-39-17-25-43-21-3-7-29-47(43)51)71-78-69-57-35-13-11-33-55(57)67(76-69)74-65-53-31-9-10-32-54(53)66(73-65)75-68-56-34-12-14-36-58(56)70(77-68)79-72(64)80-71/h1-8,15-30,37-40,53-80H,9-14,31-36H2. The Morgan fingerprint density at radius 2 is 0.425 bits per heavy atom. The first-order valence-corrected chi connectivity index (χ1v) is 31.7. The molecular weight excluding hydrogens is 977 g/mol. The van der Waals surface area contributed by atoms with Crippen LogP contribution in [0.2, 0.25) is 0 Å². The Balaban J connectivity index is 0.935. The maximum atomic E-state index is 4.71. The van der Waals surface area contributed by atoms with Crippen molar-refractivity contribution in [2.24, 2.45) is 47.3 Å². The normalized spacial score (nSPS) is 38.5. The van der Waals surface area contributed by atoms with Gasteiger partial charge in [0.2, 0.25) is 0 Å². The van der Waals surface area contributed by atoms with Gasteiger partial charge in [-0.1, -0.05) is 208 Å². The lowest BCUT2D eigenvalue weighted by molar-refractivity contribution is 0.107. The molecule has 8 aromatic rings. The van der Waals surface area contributed by atoms with Gasteiger partial charge >= 0.3 is 0 Å². The molecule has 8 bridgehead atoms. The quantitative estimate of drug-likeness (QED) is 0.0884. The van der Waals surface area contributed by atoms with E-state index in [1.54, 1.807) is 0 Å². The monoisotopic (exact) mass is 1060 g/mol. The van der Waals surface area contributed by atoms with Gasteiger partial charge < -0.3 is 0 Å². The third kappa shape index (κ3) is 7.98. The number of hydrogen-bond acceptors (Lipinski definition) is 8. The van der Waals surface area contributed by atoms with Crippen LogP contribution in [-0.4, -0.2) is 49.3 Å². The summed E-state index contributed by atoms with van der Waals surface area (Å²) < 4.78 is 0. The predicted molar refractivity (Wildman–Crippen MR) is 325 cm³/mol. The van der Waals surface area contributed by atoms with Crippen molar-refractivity contribution in [1.29, 1.82) is 0 Å². The number of fused-ring (bicyclic) bond motifs is 24. The van der Waals surface area contributed by atoms with Gasteiger partial charge in [0.25, 0.3) is 0 Å². The molecule has 5 aliphatic heterocycles. The number of nitrogens with one attached hydrogen (secondary N) is 8. The molecule has 9 aliphatic rings. The van der Waals surface area contributed by atoms with Crippen LogP contribution in [0.1, 0.15) is 123 Å². The van der Waals surface area contributed by atoms with E-state index in [-0.39, 0.29) is 72.5 Å². The molecule has 8 aromatic carbocycles. The maximum absolute atomic E-state index is 4.71. The van der Waals surface area contributed by atoms with Gasteiger partial charge in [-0.15, -0.1) is 0 Å². The Morgan fingerprint density at radius 3 is 0.700 bits per heavy atom. The Bertz CT molecular complexity index is 3350. The van der Waals surface area contributed by atoms with Gasteiger partial charge in [-0.05, 0) is 163 Å². The van der Waals surface area contributed by atoms with Crippen molar-refractivity contribution in [2.45, 2.75) is 150 Å². The van der Waals surface area contributed by atoms with Gasteiger partial charge in [-0.3, -0.25) is 42.5 Å². The van der Waals surface area contributed by atoms with Gasteiger partial charge in [-0.25, -0.2) is 0 Å². The molecule has 20 atom stereocenters. The van der Waals surface area contributed by atoms with Crippen LogP contribution in [0.15, 0.2) is 170 Å². The molecule has 80 heavy (non-hydrogen) atoms.